The molecule has 1 fully saturated rings. The summed E-state index contributed by atoms with van der Waals surface area (Å²) in [4.78, 5) is 11.9. The van der Waals surface area contributed by atoms with Crippen molar-refractivity contribution in [2.75, 3.05) is 19.8 Å². The van der Waals surface area contributed by atoms with Crippen LogP contribution in [0.3, 0.4) is 0 Å². The van der Waals surface area contributed by atoms with Crippen molar-refractivity contribution in [3.05, 3.63) is 29.8 Å². The summed E-state index contributed by atoms with van der Waals surface area (Å²) in [5, 5.41) is 0. The summed E-state index contributed by atoms with van der Waals surface area (Å²) in [6.07, 6.45) is 1.92. The maximum Gasteiger partial charge on any atom is 0.175 e. The van der Waals surface area contributed by atoms with Crippen molar-refractivity contribution in [1.29, 1.82) is 0 Å². The van der Waals surface area contributed by atoms with E-state index < -0.39 is 0 Å². The highest BCUT2D eigenvalue weighted by atomic mass is 16.5. The van der Waals surface area contributed by atoms with Crippen LogP contribution in [0.4, 0.5) is 0 Å². The first-order chi connectivity index (χ1) is 9.53. The number of ether oxygens (including phenoxy) is 2. The van der Waals surface area contributed by atoms with Gasteiger partial charge in [0.1, 0.15) is 12.4 Å². The highest BCUT2D eigenvalue weighted by Gasteiger charge is 2.23. The van der Waals surface area contributed by atoms with Gasteiger partial charge in [-0.05, 0) is 36.0 Å². The van der Waals surface area contributed by atoms with Crippen LogP contribution in [0.2, 0.25) is 0 Å². The number of carbonyl (C=O) groups is 1. The van der Waals surface area contributed by atoms with Crippen molar-refractivity contribution < 1.29 is 14.3 Å². The third kappa shape index (κ3) is 3.60. The summed E-state index contributed by atoms with van der Waals surface area (Å²) in [6.45, 7) is 8.03. The van der Waals surface area contributed by atoms with Gasteiger partial charge in [0.25, 0.3) is 0 Å². The molecule has 0 spiro atoms. The zero-order valence-electron chi connectivity index (χ0n) is 12.6. The molecule has 0 amide bonds. The van der Waals surface area contributed by atoms with E-state index in [0.717, 1.165) is 18.6 Å². The molecule has 3 heteroatoms. The van der Waals surface area contributed by atoms with Crippen molar-refractivity contribution in [3.8, 4) is 5.75 Å². The molecule has 0 bridgehead atoms. The van der Waals surface area contributed by atoms with E-state index in [-0.39, 0.29) is 23.7 Å². The molecule has 1 aliphatic heterocycles. The Bertz CT molecular complexity index is 442. The Labute approximate surface area is 121 Å². The highest BCUT2D eigenvalue weighted by Crippen LogP contribution is 2.28. The van der Waals surface area contributed by atoms with Crippen LogP contribution >= 0.6 is 0 Å². The van der Waals surface area contributed by atoms with Crippen LogP contribution in [0, 0.1) is 5.92 Å². The average molecular weight is 276 g/mol. The molecule has 1 aromatic carbocycles. The molecule has 0 aliphatic carbocycles. The Kier molecular flexibility index (Phi) is 4.81. The maximum atomic E-state index is 11.9. The molecule has 3 nitrogen and oxygen atoms in total. The fourth-order valence-corrected chi connectivity index (χ4v) is 2.27. The molecule has 2 rings (SSSR count). The standard InChI is InChI=1S/C17H24O3/c1-4-17(2,3)14-5-7-15(8-6-14)20-12-16(18)13-9-10-19-11-13/h5-8,13H,4,9-12H2,1-3H3. The lowest BCUT2D eigenvalue weighted by Gasteiger charge is -2.23. The minimum atomic E-state index is 0.0216. The normalized spacial score (nSPS) is 19.1. The molecule has 0 N–H and O–H groups in total. The summed E-state index contributed by atoms with van der Waals surface area (Å²) >= 11 is 0. The molecular weight excluding hydrogens is 252 g/mol. The van der Waals surface area contributed by atoms with Gasteiger partial charge in [0.15, 0.2) is 5.78 Å². The van der Waals surface area contributed by atoms with Crippen molar-refractivity contribution >= 4 is 5.78 Å². The predicted octanol–water partition coefficient (Wildman–Crippen LogP) is 3.36. The number of hydrogen-bond donors (Lipinski definition) is 0. The topological polar surface area (TPSA) is 35.5 Å². The van der Waals surface area contributed by atoms with Crippen LogP contribution in [-0.2, 0) is 14.9 Å². The monoisotopic (exact) mass is 276 g/mol. The lowest BCUT2D eigenvalue weighted by atomic mass is 9.82. The van der Waals surface area contributed by atoms with Crippen LogP contribution in [0.25, 0.3) is 0 Å². The molecule has 1 aliphatic rings. The van der Waals surface area contributed by atoms with Crippen molar-refractivity contribution in [1.82, 2.24) is 0 Å². The molecule has 1 saturated heterocycles. The van der Waals surface area contributed by atoms with Gasteiger partial charge in [0.05, 0.1) is 6.61 Å². The average Bonchev–Trinajstić information content (AvgIpc) is 2.99. The number of carbonyl (C=O) groups excluding carboxylic acids is 1. The molecule has 110 valence electrons. The van der Waals surface area contributed by atoms with Gasteiger partial charge in [-0.15, -0.1) is 0 Å². The lowest BCUT2D eigenvalue weighted by Crippen LogP contribution is -2.21. The lowest BCUT2D eigenvalue weighted by molar-refractivity contribution is -0.124. The van der Waals surface area contributed by atoms with Gasteiger partial charge in [-0.25, -0.2) is 0 Å². The zero-order chi connectivity index (χ0) is 14.6. The number of ketones is 1. The number of Topliss-reactive ketones (excluding diaryl/α,β-unsaturated/α-hetero) is 1. The predicted molar refractivity (Wildman–Crippen MR) is 79.2 cm³/mol. The summed E-state index contributed by atoms with van der Waals surface area (Å²) in [5.74, 6) is 0.918. The third-order valence-corrected chi connectivity index (χ3v) is 4.29. The van der Waals surface area contributed by atoms with Crippen LogP contribution < -0.4 is 4.74 Å². The zero-order valence-corrected chi connectivity index (χ0v) is 12.6. The van der Waals surface area contributed by atoms with Gasteiger partial charge in [0.2, 0.25) is 0 Å². The van der Waals surface area contributed by atoms with Crippen LogP contribution in [0.15, 0.2) is 24.3 Å². The van der Waals surface area contributed by atoms with Crippen LogP contribution in [-0.4, -0.2) is 25.6 Å². The molecular formula is C17H24O3. The highest BCUT2D eigenvalue weighted by molar-refractivity contribution is 5.82. The van der Waals surface area contributed by atoms with Gasteiger partial charge in [-0.3, -0.25) is 4.79 Å². The minimum Gasteiger partial charge on any atom is -0.486 e. The van der Waals surface area contributed by atoms with E-state index in [1.807, 2.05) is 12.1 Å². The van der Waals surface area contributed by atoms with E-state index >= 15 is 0 Å². The van der Waals surface area contributed by atoms with Gasteiger partial charge in [-0.1, -0.05) is 32.9 Å². The van der Waals surface area contributed by atoms with Crippen molar-refractivity contribution in [2.45, 2.75) is 39.0 Å². The Hall–Kier alpha value is -1.35. The van der Waals surface area contributed by atoms with Gasteiger partial charge in [0, 0.05) is 12.5 Å². The van der Waals surface area contributed by atoms with E-state index in [9.17, 15) is 4.79 Å². The number of rotatable bonds is 6. The summed E-state index contributed by atoms with van der Waals surface area (Å²) < 4.78 is 10.8. The smallest absolute Gasteiger partial charge is 0.175 e. The summed E-state index contributed by atoms with van der Waals surface area (Å²) in [5.41, 5.74) is 1.47. The quantitative estimate of drug-likeness (QED) is 0.799. The molecule has 1 aromatic rings. The second kappa shape index (κ2) is 6.40. The molecule has 0 aromatic heterocycles. The third-order valence-electron chi connectivity index (χ3n) is 4.29. The largest absolute Gasteiger partial charge is 0.486 e. The maximum absolute atomic E-state index is 11.9. The Morgan fingerprint density at radius 3 is 2.60 bits per heavy atom. The van der Waals surface area contributed by atoms with Crippen molar-refractivity contribution in [3.63, 3.8) is 0 Å². The Balaban J connectivity index is 1.89. The first kappa shape index (κ1) is 15.0. The van der Waals surface area contributed by atoms with Gasteiger partial charge in [-0.2, -0.15) is 0 Å². The number of hydrogen-bond acceptors (Lipinski definition) is 3. The molecule has 0 radical (unpaired) electrons. The van der Waals surface area contributed by atoms with E-state index in [2.05, 4.69) is 32.9 Å². The van der Waals surface area contributed by atoms with E-state index in [1.54, 1.807) is 0 Å². The minimum absolute atomic E-state index is 0.0216. The van der Waals surface area contributed by atoms with E-state index in [0.29, 0.717) is 13.2 Å². The first-order valence-electron chi connectivity index (χ1n) is 7.37. The Morgan fingerprint density at radius 1 is 1.35 bits per heavy atom. The SMILES string of the molecule is CCC(C)(C)c1ccc(OCC(=O)C2CCOC2)cc1. The van der Waals surface area contributed by atoms with Crippen LogP contribution in [0.5, 0.6) is 5.75 Å². The second-order valence-electron chi connectivity index (χ2n) is 6.08. The fourth-order valence-electron chi connectivity index (χ4n) is 2.27. The van der Waals surface area contributed by atoms with Crippen molar-refractivity contribution in [2.24, 2.45) is 5.92 Å². The molecule has 1 atom stereocenters. The molecule has 20 heavy (non-hydrogen) atoms. The summed E-state index contributed by atoms with van der Waals surface area (Å²) in [7, 11) is 0. The summed E-state index contributed by atoms with van der Waals surface area (Å²) in [6, 6.07) is 8.07. The first-order valence-corrected chi connectivity index (χ1v) is 7.37. The molecule has 0 saturated carbocycles. The molecule has 1 heterocycles. The van der Waals surface area contributed by atoms with Gasteiger partial charge < -0.3 is 9.47 Å². The van der Waals surface area contributed by atoms with Gasteiger partial charge >= 0.3 is 0 Å². The van der Waals surface area contributed by atoms with Crippen LogP contribution in [0.1, 0.15) is 39.2 Å². The van der Waals surface area contributed by atoms with E-state index in [1.165, 1.54) is 5.56 Å². The molecule has 1 unspecified atom stereocenters. The Morgan fingerprint density at radius 2 is 2.05 bits per heavy atom. The fraction of sp³-hybridized carbons (Fsp3) is 0.588. The number of benzene rings is 1. The second-order valence-corrected chi connectivity index (χ2v) is 6.08. The van der Waals surface area contributed by atoms with E-state index in [4.69, 9.17) is 9.47 Å².